The van der Waals surface area contributed by atoms with E-state index in [1.54, 1.807) is 6.20 Å². The van der Waals surface area contributed by atoms with Crippen LogP contribution in [0.5, 0.6) is 0 Å². The minimum atomic E-state index is -0.293. The Bertz CT molecular complexity index is 435. The van der Waals surface area contributed by atoms with Crippen LogP contribution in [0.3, 0.4) is 0 Å². The van der Waals surface area contributed by atoms with Crippen LogP contribution in [0.15, 0.2) is 18.7 Å². The molecule has 2 rings (SSSR count). The first kappa shape index (κ1) is 8.82. The number of hydrogen-bond donors (Lipinski definition) is 1. The van der Waals surface area contributed by atoms with Crippen LogP contribution >= 0.6 is 11.3 Å². The van der Waals surface area contributed by atoms with Gasteiger partial charge >= 0.3 is 6.03 Å². The summed E-state index contributed by atoms with van der Waals surface area (Å²) in [6, 6.07) is -0.293. The van der Waals surface area contributed by atoms with Gasteiger partial charge in [0.1, 0.15) is 11.3 Å². The largest absolute Gasteiger partial charge is 0.333 e. The average Bonchev–Trinajstić information content (AvgIpc) is 2.75. The SMILES string of the molecule is Cc1nnc(NC(=O)n2ccnc2)s1. The highest BCUT2D eigenvalue weighted by molar-refractivity contribution is 7.15. The predicted molar refractivity (Wildman–Crippen MR) is 51.3 cm³/mol. The number of aryl methyl sites for hydroxylation is 1. The summed E-state index contributed by atoms with van der Waals surface area (Å²) in [7, 11) is 0. The van der Waals surface area contributed by atoms with E-state index in [9.17, 15) is 4.79 Å². The van der Waals surface area contributed by atoms with E-state index < -0.39 is 0 Å². The molecule has 6 nitrogen and oxygen atoms in total. The Labute approximate surface area is 83.6 Å². The zero-order chi connectivity index (χ0) is 9.97. The molecule has 0 atom stereocenters. The molecule has 2 aromatic rings. The molecule has 0 saturated carbocycles. The van der Waals surface area contributed by atoms with Gasteiger partial charge in [-0.2, -0.15) is 0 Å². The molecule has 1 N–H and O–H groups in total. The van der Waals surface area contributed by atoms with Gasteiger partial charge in [0.05, 0.1) is 0 Å². The standard InChI is InChI=1S/C7H7N5OS/c1-5-10-11-6(14-5)9-7(13)12-3-2-8-4-12/h2-4H,1H3,(H,9,11,13). The quantitative estimate of drug-likeness (QED) is 0.763. The molecule has 2 heterocycles. The lowest BCUT2D eigenvalue weighted by atomic mass is 10.8. The van der Waals surface area contributed by atoms with E-state index in [0.29, 0.717) is 5.13 Å². The van der Waals surface area contributed by atoms with Crippen molar-refractivity contribution in [3.8, 4) is 0 Å². The van der Waals surface area contributed by atoms with Gasteiger partial charge in [0.15, 0.2) is 0 Å². The fourth-order valence-electron chi connectivity index (χ4n) is 0.882. The second-order valence-electron chi connectivity index (χ2n) is 2.53. The molecule has 0 aliphatic heterocycles. The number of nitrogens with zero attached hydrogens (tertiary/aromatic N) is 4. The molecule has 14 heavy (non-hydrogen) atoms. The molecule has 7 heteroatoms. The zero-order valence-electron chi connectivity index (χ0n) is 7.34. The van der Waals surface area contributed by atoms with Gasteiger partial charge in [0, 0.05) is 12.4 Å². The third kappa shape index (κ3) is 1.77. The predicted octanol–water partition coefficient (Wildman–Crippen LogP) is 1.12. The van der Waals surface area contributed by atoms with Crippen LogP contribution in [0.25, 0.3) is 0 Å². The molecular weight excluding hydrogens is 202 g/mol. The second-order valence-corrected chi connectivity index (χ2v) is 3.71. The molecule has 0 radical (unpaired) electrons. The van der Waals surface area contributed by atoms with E-state index in [0.717, 1.165) is 5.01 Å². The fraction of sp³-hybridized carbons (Fsp3) is 0.143. The number of imidazole rings is 1. The van der Waals surface area contributed by atoms with Crippen LogP contribution in [0.1, 0.15) is 5.01 Å². The number of anilines is 1. The molecule has 0 aliphatic rings. The summed E-state index contributed by atoms with van der Waals surface area (Å²) in [5.41, 5.74) is 0. The molecule has 72 valence electrons. The Kier molecular flexibility index (Phi) is 2.23. The number of rotatable bonds is 1. The highest BCUT2D eigenvalue weighted by Gasteiger charge is 2.06. The van der Waals surface area contributed by atoms with Gasteiger partial charge in [-0.1, -0.05) is 11.3 Å². The summed E-state index contributed by atoms with van der Waals surface area (Å²) < 4.78 is 1.33. The maximum absolute atomic E-state index is 11.4. The second kappa shape index (κ2) is 3.54. The van der Waals surface area contributed by atoms with E-state index in [-0.39, 0.29) is 6.03 Å². The van der Waals surface area contributed by atoms with Crippen molar-refractivity contribution in [3.63, 3.8) is 0 Å². The summed E-state index contributed by atoms with van der Waals surface area (Å²) >= 11 is 1.33. The summed E-state index contributed by atoms with van der Waals surface area (Å²) in [6.45, 7) is 1.82. The van der Waals surface area contributed by atoms with E-state index in [4.69, 9.17) is 0 Å². The Morgan fingerprint density at radius 3 is 3.00 bits per heavy atom. The van der Waals surface area contributed by atoms with Crippen LogP contribution in [0.2, 0.25) is 0 Å². The Balaban J connectivity index is 2.09. The molecule has 0 bridgehead atoms. The maximum atomic E-state index is 11.4. The van der Waals surface area contributed by atoms with E-state index in [2.05, 4.69) is 20.5 Å². The van der Waals surface area contributed by atoms with Gasteiger partial charge < -0.3 is 0 Å². The van der Waals surface area contributed by atoms with Crippen LogP contribution in [0.4, 0.5) is 9.93 Å². The maximum Gasteiger partial charge on any atom is 0.333 e. The normalized spacial score (nSPS) is 10.1. The number of carbonyl (C=O) groups excluding carboxylic acids is 1. The molecule has 0 aliphatic carbocycles. The van der Waals surface area contributed by atoms with E-state index in [1.165, 1.54) is 28.4 Å². The summed E-state index contributed by atoms with van der Waals surface area (Å²) in [5.74, 6) is 0. The minimum absolute atomic E-state index is 0.293. The van der Waals surface area contributed by atoms with Gasteiger partial charge in [-0.3, -0.25) is 9.88 Å². The van der Waals surface area contributed by atoms with Gasteiger partial charge in [0.25, 0.3) is 0 Å². The average molecular weight is 209 g/mol. The van der Waals surface area contributed by atoms with Crippen molar-refractivity contribution in [3.05, 3.63) is 23.7 Å². The van der Waals surface area contributed by atoms with Crippen molar-refractivity contribution in [1.29, 1.82) is 0 Å². The number of hydrogen-bond acceptors (Lipinski definition) is 5. The zero-order valence-corrected chi connectivity index (χ0v) is 8.15. The lowest BCUT2D eigenvalue weighted by Crippen LogP contribution is -2.17. The van der Waals surface area contributed by atoms with Crippen LogP contribution < -0.4 is 5.32 Å². The van der Waals surface area contributed by atoms with Crippen LogP contribution in [-0.4, -0.2) is 25.8 Å². The molecule has 0 spiro atoms. The molecule has 0 fully saturated rings. The van der Waals surface area contributed by atoms with E-state index >= 15 is 0 Å². The molecule has 1 amide bonds. The topological polar surface area (TPSA) is 72.7 Å². The van der Waals surface area contributed by atoms with Crippen molar-refractivity contribution in [2.24, 2.45) is 0 Å². The molecule has 0 unspecified atom stereocenters. The Morgan fingerprint density at radius 2 is 2.43 bits per heavy atom. The number of nitrogens with one attached hydrogen (secondary N) is 1. The molecule has 0 aromatic carbocycles. The van der Waals surface area contributed by atoms with Crippen molar-refractivity contribution in [1.82, 2.24) is 19.7 Å². The van der Waals surface area contributed by atoms with Crippen LogP contribution in [-0.2, 0) is 0 Å². The lowest BCUT2D eigenvalue weighted by molar-refractivity contribution is 0.253. The smallest absolute Gasteiger partial charge is 0.281 e. The molecule has 0 saturated heterocycles. The Morgan fingerprint density at radius 1 is 1.57 bits per heavy atom. The van der Waals surface area contributed by atoms with Crippen LogP contribution in [0, 0.1) is 6.92 Å². The summed E-state index contributed by atoms with van der Waals surface area (Å²) in [4.78, 5) is 15.2. The molecule has 2 aromatic heterocycles. The lowest BCUT2D eigenvalue weighted by Gasteiger charge is -1.99. The number of aromatic nitrogens is 4. The first-order valence-corrected chi connectivity index (χ1v) is 4.67. The first-order chi connectivity index (χ1) is 6.75. The summed E-state index contributed by atoms with van der Waals surface area (Å²) in [5, 5.41) is 11.4. The summed E-state index contributed by atoms with van der Waals surface area (Å²) in [6.07, 6.45) is 4.51. The highest BCUT2D eigenvalue weighted by atomic mass is 32.1. The fourth-order valence-corrected chi connectivity index (χ4v) is 1.46. The van der Waals surface area contributed by atoms with Crippen molar-refractivity contribution in [2.75, 3.05) is 5.32 Å². The first-order valence-electron chi connectivity index (χ1n) is 3.85. The third-order valence-electron chi connectivity index (χ3n) is 1.48. The van der Waals surface area contributed by atoms with Gasteiger partial charge in [0.2, 0.25) is 5.13 Å². The van der Waals surface area contributed by atoms with Crippen molar-refractivity contribution in [2.45, 2.75) is 6.92 Å². The Hall–Kier alpha value is -1.76. The third-order valence-corrected chi connectivity index (χ3v) is 2.23. The minimum Gasteiger partial charge on any atom is -0.281 e. The monoisotopic (exact) mass is 209 g/mol. The van der Waals surface area contributed by atoms with E-state index in [1.807, 2.05) is 6.92 Å². The molecular formula is C7H7N5OS. The van der Waals surface area contributed by atoms with Gasteiger partial charge in [-0.15, -0.1) is 10.2 Å². The highest BCUT2D eigenvalue weighted by Crippen LogP contribution is 2.13. The van der Waals surface area contributed by atoms with Gasteiger partial charge in [-0.25, -0.2) is 9.78 Å². The van der Waals surface area contributed by atoms with Crippen molar-refractivity contribution >= 4 is 22.5 Å². The van der Waals surface area contributed by atoms with Crippen molar-refractivity contribution < 1.29 is 4.79 Å². The van der Waals surface area contributed by atoms with Gasteiger partial charge in [-0.05, 0) is 6.92 Å². The number of amides is 1. The number of carbonyl (C=O) groups is 1.